The second-order valence-corrected chi connectivity index (χ2v) is 9.36. The molecule has 0 fully saturated rings. The van der Waals surface area contributed by atoms with Crippen LogP contribution in [0.2, 0.25) is 0 Å². The normalized spacial score (nSPS) is 11.1. The van der Waals surface area contributed by atoms with Crippen LogP contribution in [0, 0.1) is 0 Å². The third kappa shape index (κ3) is 8.40. The van der Waals surface area contributed by atoms with Gasteiger partial charge in [0.15, 0.2) is 0 Å². The molecule has 0 radical (unpaired) electrons. The van der Waals surface area contributed by atoms with Crippen LogP contribution in [0.1, 0.15) is 96.3 Å². The van der Waals surface area contributed by atoms with Crippen molar-refractivity contribution in [2.45, 2.75) is 98.8 Å². The summed E-state index contributed by atoms with van der Waals surface area (Å²) in [6.07, 6.45) is 12.4. The maximum Gasteiger partial charge on any atom is 0.0431 e. The fraction of sp³-hybridized carbons (Fsp3) is 0.613. The van der Waals surface area contributed by atoms with Crippen molar-refractivity contribution >= 4 is 11.4 Å². The van der Waals surface area contributed by atoms with Crippen LogP contribution in [-0.2, 0) is 19.3 Å². The Morgan fingerprint density at radius 1 is 0.485 bits per heavy atom. The molecule has 0 heterocycles. The van der Waals surface area contributed by atoms with E-state index in [1.807, 2.05) is 0 Å². The fourth-order valence-electron chi connectivity index (χ4n) is 5.06. The van der Waals surface area contributed by atoms with Crippen molar-refractivity contribution in [3.63, 3.8) is 0 Å². The smallest absolute Gasteiger partial charge is 0.0431 e. The highest BCUT2D eigenvalue weighted by Gasteiger charge is 2.15. The molecule has 2 rings (SSSR count). The highest BCUT2D eigenvalue weighted by atomic mass is 15.2. The van der Waals surface area contributed by atoms with Gasteiger partial charge in [0.2, 0.25) is 0 Å². The Bertz CT molecular complexity index is 760. The molecule has 0 aliphatic carbocycles. The van der Waals surface area contributed by atoms with Gasteiger partial charge in [-0.3, -0.25) is 0 Å². The van der Waals surface area contributed by atoms with E-state index in [-0.39, 0.29) is 0 Å². The molecule has 0 atom stereocenters. The summed E-state index contributed by atoms with van der Waals surface area (Å²) >= 11 is 0. The van der Waals surface area contributed by atoms with Gasteiger partial charge in [0.1, 0.15) is 0 Å². The van der Waals surface area contributed by atoms with Crippen LogP contribution in [0.3, 0.4) is 0 Å². The quantitative estimate of drug-likeness (QED) is 0.223. The van der Waals surface area contributed by atoms with Gasteiger partial charge >= 0.3 is 0 Å². The predicted octanol–water partition coefficient (Wildman–Crippen LogP) is 8.46. The molecular formula is C31H50N2. The standard InChI is InChI=1S/C31H50N2/c1-6-11-12-13-16-24-32(30-22-15-14-19-27(30)8-3)25-18-26-33(23-7-2)31-28(9-4)20-17-21-29(31)10-5/h14-15,17,19-22H,6-13,16,18,23-26H2,1-5H3. The first-order valence-corrected chi connectivity index (χ1v) is 13.9. The zero-order valence-corrected chi connectivity index (χ0v) is 22.3. The van der Waals surface area contributed by atoms with E-state index in [2.05, 4.69) is 86.9 Å². The average molecular weight is 451 g/mol. The molecule has 0 amide bonds. The maximum absolute atomic E-state index is 2.68. The van der Waals surface area contributed by atoms with Crippen molar-refractivity contribution < 1.29 is 0 Å². The van der Waals surface area contributed by atoms with Crippen LogP contribution in [-0.4, -0.2) is 26.2 Å². The van der Waals surface area contributed by atoms with E-state index in [9.17, 15) is 0 Å². The Morgan fingerprint density at radius 3 is 1.70 bits per heavy atom. The van der Waals surface area contributed by atoms with Crippen molar-refractivity contribution in [2.24, 2.45) is 0 Å². The minimum atomic E-state index is 1.11. The van der Waals surface area contributed by atoms with Gasteiger partial charge in [0.05, 0.1) is 0 Å². The average Bonchev–Trinajstić information content (AvgIpc) is 2.86. The molecule has 2 heteroatoms. The second kappa shape index (κ2) is 15.8. The van der Waals surface area contributed by atoms with Crippen molar-refractivity contribution in [3.05, 3.63) is 59.2 Å². The monoisotopic (exact) mass is 450 g/mol. The number of nitrogens with zero attached hydrogens (tertiary/aromatic N) is 2. The van der Waals surface area contributed by atoms with Crippen LogP contribution in [0.15, 0.2) is 42.5 Å². The summed E-state index contributed by atoms with van der Waals surface area (Å²) in [7, 11) is 0. The number of anilines is 2. The Morgan fingerprint density at radius 2 is 1.06 bits per heavy atom. The van der Waals surface area contributed by atoms with Gasteiger partial charge < -0.3 is 9.80 Å². The molecule has 0 saturated heterocycles. The van der Waals surface area contributed by atoms with Crippen molar-refractivity contribution in [1.82, 2.24) is 0 Å². The van der Waals surface area contributed by atoms with Gasteiger partial charge in [0, 0.05) is 37.6 Å². The number of hydrogen-bond donors (Lipinski definition) is 0. The highest BCUT2D eigenvalue weighted by Crippen LogP contribution is 2.28. The van der Waals surface area contributed by atoms with E-state index in [1.165, 1.54) is 79.6 Å². The van der Waals surface area contributed by atoms with Gasteiger partial charge in [-0.25, -0.2) is 0 Å². The molecular weight excluding hydrogens is 400 g/mol. The minimum absolute atomic E-state index is 1.11. The molecule has 0 spiro atoms. The lowest BCUT2D eigenvalue weighted by atomic mass is 10.0. The second-order valence-electron chi connectivity index (χ2n) is 9.36. The van der Waals surface area contributed by atoms with E-state index in [1.54, 1.807) is 0 Å². The van der Waals surface area contributed by atoms with Gasteiger partial charge in [0.25, 0.3) is 0 Å². The third-order valence-electron chi connectivity index (χ3n) is 6.88. The molecule has 0 unspecified atom stereocenters. The van der Waals surface area contributed by atoms with Crippen LogP contribution in [0.25, 0.3) is 0 Å². The summed E-state index contributed by atoms with van der Waals surface area (Å²) in [5.41, 5.74) is 7.48. The van der Waals surface area contributed by atoms with E-state index in [0.29, 0.717) is 0 Å². The first-order chi connectivity index (χ1) is 16.2. The first kappa shape index (κ1) is 27.3. The van der Waals surface area contributed by atoms with E-state index in [0.717, 1.165) is 38.9 Å². The van der Waals surface area contributed by atoms with Gasteiger partial charge in [-0.2, -0.15) is 0 Å². The molecule has 0 bridgehead atoms. The Hall–Kier alpha value is -1.96. The van der Waals surface area contributed by atoms with E-state index >= 15 is 0 Å². The number of benzene rings is 2. The summed E-state index contributed by atoms with van der Waals surface area (Å²) in [5.74, 6) is 0. The lowest BCUT2D eigenvalue weighted by Gasteiger charge is -2.32. The highest BCUT2D eigenvalue weighted by molar-refractivity contribution is 5.60. The number of rotatable bonds is 17. The summed E-state index contributed by atoms with van der Waals surface area (Å²) in [5, 5.41) is 0. The van der Waals surface area contributed by atoms with E-state index in [4.69, 9.17) is 0 Å². The number of para-hydroxylation sites is 2. The molecule has 2 aromatic rings. The van der Waals surface area contributed by atoms with Crippen LogP contribution >= 0.6 is 0 Å². The summed E-state index contributed by atoms with van der Waals surface area (Å²) in [6.45, 7) is 16.1. The number of hydrogen-bond acceptors (Lipinski definition) is 2. The molecule has 0 aliphatic heterocycles. The Labute approximate surface area is 205 Å². The first-order valence-electron chi connectivity index (χ1n) is 13.9. The third-order valence-corrected chi connectivity index (χ3v) is 6.88. The lowest BCUT2D eigenvalue weighted by molar-refractivity contribution is 0.606. The molecule has 33 heavy (non-hydrogen) atoms. The lowest BCUT2D eigenvalue weighted by Crippen LogP contribution is -2.32. The zero-order valence-electron chi connectivity index (χ0n) is 22.3. The van der Waals surface area contributed by atoms with Gasteiger partial charge in [-0.05, 0) is 61.3 Å². The molecule has 0 aliphatic rings. The molecule has 0 N–H and O–H groups in total. The maximum atomic E-state index is 2.68. The topological polar surface area (TPSA) is 6.48 Å². The zero-order chi connectivity index (χ0) is 23.9. The predicted molar refractivity (Wildman–Crippen MR) is 149 cm³/mol. The SMILES string of the molecule is CCCCCCCN(CCCN(CCC)c1c(CC)cccc1CC)c1ccccc1CC. The molecule has 2 nitrogen and oxygen atoms in total. The van der Waals surface area contributed by atoms with Crippen LogP contribution in [0.5, 0.6) is 0 Å². The molecule has 184 valence electrons. The van der Waals surface area contributed by atoms with E-state index < -0.39 is 0 Å². The van der Waals surface area contributed by atoms with Crippen LogP contribution < -0.4 is 9.80 Å². The van der Waals surface area contributed by atoms with Gasteiger partial charge in [-0.1, -0.05) is 96.7 Å². The Balaban J connectivity index is 2.13. The minimum Gasteiger partial charge on any atom is -0.371 e. The van der Waals surface area contributed by atoms with Crippen LogP contribution in [0.4, 0.5) is 11.4 Å². The summed E-state index contributed by atoms with van der Waals surface area (Å²) < 4.78 is 0. The summed E-state index contributed by atoms with van der Waals surface area (Å²) in [6, 6.07) is 16.0. The molecule has 2 aromatic carbocycles. The summed E-state index contributed by atoms with van der Waals surface area (Å²) in [4.78, 5) is 5.37. The largest absolute Gasteiger partial charge is 0.371 e. The van der Waals surface area contributed by atoms with Crippen molar-refractivity contribution in [3.8, 4) is 0 Å². The van der Waals surface area contributed by atoms with Crippen molar-refractivity contribution in [2.75, 3.05) is 36.0 Å². The fourth-order valence-corrected chi connectivity index (χ4v) is 5.06. The Kier molecular flexibility index (Phi) is 13.1. The molecule has 0 saturated carbocycles. The van der Waals surface area contributed by atoms with Gasteiger partial charge in [-0.15, -0.1) is 0 Å². The number of aryl methyl sites for hydroxylation is 3. The van der Waals surface area contributed by atoms with Crippen molar-refractivity contribution in [1.29, 1.82) is 0 Å². The number of unbranched alkanes of at least 4 members (excludes halogenated alkanes) is 4. The molecule has 0 aromatic heterocycles.